The fourth-order valence-electron chi connectivity index (χ4n) is 4.97. The lowest BCUT2D eigenvalue weighted by atomic mass is 9.51. The second-order valence-electron chi connectivity index (χ2n) is 6.29. The molecule has 5 rings (SSSR count). The highest BCUT2D eigenvalue weighted by atomic mass is 16.1. The van der Waals surface area contributed by atoms with Gasteiger partial charge in [0, 0.05) is 12.0 Å². The van der Waals surface area contributed by atoms with E-state index in [2.05, 4.69) is 9.97 Å². The summed E-state index contributed by atoms with van der Waals surface area (Å²) in [6.45, 7) is 0. The van der Waals surface area contributed by atoms with Crippen LogP contribution < -0.4 is 5.56 Å². The SMILES string of the molecule is O=c1cc(C2C3CC4CC(C3)CC2C4)nc[nH]1. The van der Waals surface area contributed by atoms with E-state index in [0.29, 0.717) is 5.92 Å². The molecule has 0 atom stereocenters. The van der Waals surface area contributed by atoms with E-state index in [-0.39, 0.29) is 5.56 Å². The van der Waals surface area contributed by atoms with E-state index < -0.39 is 0 Å². The molecule has 90 valence electrons. The lowest BCUT2D eigenvalue weighted by Gasteiger charge is -2.54. The Hall–Kier alpha value is -1.12. The molecule has 4 aliphatic carbocycles. The third-order valence-corrected chi connectivity index (χ3v) is 5.27. The minimum atomic E-state index is 0.00352. The zero-order valence-electron chi connectivity index (χ0n) is 9.93. The number of H-pyrrole nitrogens is 1. The Morgan fingerprint density at radius 3 is 2.29 bits per heavy atom. The van der Waals surface area contributed by atoms with Gasteiger partial charge in [0.1, 0.15) is 0 Å². The minimum absolute atomic E-state index is 0.00352. The molecule has 1 N–H and O–H groups in total. The van der Waals surface area contributed by atoms with Crippen molar-refractivity contribution >= 4 is 0 Å². The van der Waals surface area contributed by atoms with E-state index in [0.717, 1.165) is 29.4 Å². The lowest BCUT2D eigenvalue weighted by Crippen LogP contribution is -2.44. The number of rotatable bonds is 1. The lowest BCUT2D eigenvalue weighted by molar-refractivity contribution is -0.00422. The molecule has 3 nitrogen and oxygen atoms in total. The van der Waals surface area contributed by atoms with Gasteiger partial charge < -0.3 is 4.98 Å². The molecule has 0 saturated heterocycles. The van der Waals surface area contributed by atoms with Crippen LogP contribution in [0, 0.1) is 23.7 Å². The fourth-order valence-corrected chi connectivity index (χ4v) is 4.97. The smallest absolute Gasteiger partial charge is 0.250 e. The third-order valence-electron chi connectivity index (χ3n) is 5.27. The van der Waals surface area contributed by atoms with Gasteiger partial charge in [-0.3, -0.25) is 4.79 Å². The van der Waals surface area contributed by atoms with Crippen LogP contribution in [0.2, 0.25) is 0 Å². The van der Waals surface area contributed by atoms with Crippen molar-refractivity contribution in [1.82, 2.24) is 9.97 Å². The summed E-state index contributed by atoms with van der Waals surface area (Å²) in [5, 5.41) is 0. The Morgan fingerprint density at radius 2 is 1.71 bits per heavy atom. The zero-order valence-corrected chi connectivity index (χ0v) is 9.93. The highest BCUT2D eigenvalue weighted by Gasteiger charge is 2.49. The molecule has 0 aromatic carbocycles. The predicted molar refractivity (Wildman–Crippen MR) is 64.6 cm³/mol. The van der Waals surface area contributed by atoms with Gasteiger partial charge in [-0.25, -0.2) is 4.98 Å². The summed E-state index contributed by atoms with van der Waals surface area (Å²) in [6, 6.07) is 1.73. The molecular formula is C14H18N2O. The molecule has 3 heteroatoms. The van der Waals surface area contributed by atoms with Crippen LogP contribution in [0.3, 0.4) is 0 Å². The van der Waals surface area contributed by atoms with E-state index >= 15 is 0 Å². The number of nitrogens with one attached hydrogen (secondary N) is 1. The number of aromatic nitrogens is 2. The van der Waals surface area contributed by atoms with Crippen LogP contribution in [0.5, 0.6) is 0 Å². The molecule has 4 saturated carbocycles. The molecule has 1 aromatic rings. The van der Waals surface area contributed by atoms with Crippen molar-refractivity contribution in [3.8, 4) is 0 Å². The van der Waals surface area contributed by atoms with Crippen LogP contribution in [-0.2, 0) is 0 Å². The second-order valence-corrected chi connectivity index (χ2v) is 6.29. The molecule has 17 heavy (non-hydrogen) atoms. The third kappa shape index (κ3) is 1.48. The van der Waals surface area contributed by atoms with Gasteiger partial charge in [-0.2, -0.15) is 0 Å². The summed E-state index contributed by atoms with van der Waals surface area (Å²) in [5.41, 5.74) is 1.06. The molecule has 0 unspecified atom stereocenters. The maximum atomic E-state index is 11.4. The van der Waals surface area contributed by atoms with Crippen LogP contribution in [-0.4, -0.2) is 9.97 Å². The maximum Gasteiger partial charge on any atom is 0.250 e. The average Bonchev–Trinajstić information content (AvgIpc) is 2.27. The first kappa shape index (κ1) is 9.86. The molecule has 0 radical (unpaired) electrons. The van der Waals surface area contributed by atoms with Crippen molar-refractivity contribution in [2.75, 3.05) is 0 Å². The quantitative estimate of drug-likeness (QED) is 0.804. The van der Waals surface area contributed by atoms with Gasteiger partial charge in [0.2, 0.25) is 0 Å². The largest absolute Gasteiger partial charge is 0.313 e. The Kier molecular flexibility index (Phi) is 1.99. The van der Waals surface area contributed by atoms with Crippen molar-refractivity contribution in [2.24, 2.45) is 23.7 Å². The Morgan fingerprint density at radius 1 is 1.06 bits per heavy atom. The number of hydrogen-bond donors (Lipinski definition) is 1. The van der Waals surface area contributed by atoms with Crippen LogP contribution in [0.1, 0.15) is 43.7 Å². The van der Waals surface area contributed by atoms with Crippen molar-refractivity contribution in [1.29, 1.82) is 0 Å². The topological polar surface area (TPSA) is 45.8 Å². The van der Waals surface area contributed by atoms with Crippen LogP contribution in [0.15, 0.2) is 17.2 Å². The van der Waals surface area contributed by atoms with Gasteiger partial charge in [-0.15, -0.1) is 0 Å². The maximum absolute atomic E-state index is 11.4. The van der Waals surface area contributed by atoms with E-state index in [9.17, 15) is 4.79 Å². The van der Waals surface area contributed by atoms with Gasteiger partial charge in [0.15, 0.2) is 0 Å². The van der Waals surface area contributed by atoms with E-state index in [1.54, 1.807) is 12.4 Å². The van der Waals surface area contributed by atoms with Crippen molar-refractivity contribution < 1.29 is 0 Å². The Balaban J connectivity index is 1.72. The van der Waals surface area contributed by atoms with Gasteiger partial charge in [-0.05, 0) is 55.8 Å². The highest BCUT2D eigenvalue weighted by molar-refractivity contribution is 5.15. The average molecular weight is 230 g/mol. The molecule has 0 aliphatic heterocycles. The minimum Gasteiger partial charge on any atom is -0.313 e. The molecule has 4 bridgehead atoms. The summed E-state index contributed by atoms with van der Waals surface area (Å²) in [6.07, 6.45) is 8.57. The molecule has 4 fully saturated rings. The standard InChI is InChI=1S/C14H18N2O/c17-13-6-12(15-7-16-13)14-10-2-8-1-9(4-10)5-11(14)3-8/h6-11,14H,1-5H2,(H,15,16,17). The molecule has 0 spiro atoms. The molecule has 1 heterocycles. The molecule has 1 aromatic heterocycles. The monoisotopic (exact) mass is 230 g/mol. The van der Waals surface area contributed by atoms with E-state index in [1.165, 1.54) is 32.1 Å². The summed E-state index contributed by atoms with van der Waals surface area (Å²) >= 11 is 0. The fraction of sp³-hybridized carbons (Fsp3) is 0.714. The molecule has 0 amide bonds. The van der Waals surface area contributed by atoms with Crippen LogP contribution in [0.25, 0.3) is 0 Å². The molecule has 4 aliphatic rings. The van der Waals surface area contributed by atoms with E-state index in [4.69, 9.17) is 0 Å². The van der Waals surface area contributed by atoms with Crippen molar-refractivity contribution in [3.05, 3.63) is 28.4 Å². The number of hydrogen-bond acceptors (Lipinski definition) is 2. The first-order chi connectivity index (χ1) is 8.29. The summed E-state index contributed by atoms with van der Waals surface area (Å²) in [4.78, 5) is 18.5. The van der Waals surface area contributed by atoms with Gasteiger partial charge in [0.05, 0.1) is 12.0 Å². The van der Waals surface area contributed by atoms with Gasteiger partial charge >= 0.3 is 0 Å². The van der Waals surface area contributed by atoms with Crippen LogP contribution >= 0.6 is 0 Å². The van der Waals surface area contributed by atoms with Crippen LogP contribution in [0.4, 0.5) is 0 Å². The normalized spacial score (nSPS) is 42.9. The van der Waals surface area contributed by atoms with E-state index in [1.807, 2.05) is 0 Å². The predicted octanol–water partition coefficient (Wildman–Crippen LogP) is 2.31. The first-order valence-corrected chi connectivity index (χ1v) is 6.84. The summed E-state index contributed by atoms with van der Waals surface area (Å²) < 4.78 is 0. The zero-order chi connectivity index (χ0) is 11.4. The second kappa shape index (κ2) is 3.44. The van der Waals surface area contributed by atoms with Gasteiger partial charge in [-0.1, -0.05) is 0 Å². The number of aromatic amines is 1. The summed E-state index contributed by atoms with van der Waals surface area (Å²) in [7, 11) is 0. The Bertz CT molecular complexity index is 465. The number of nitrogens with zero attached hydrogens (tertiary/aromatic N) is 1. The van der Waals surface area contributed by atoms with Crippen molar-refractivity contribution in [2.45, 2.75) is 38.0 Å². The van der Waals surface area contributed by atoms with Gasteiger partial charge in [0.25, 0.3) is 5.56 Å². The Labute approximate surface area is 101 Å². The van der Waals surface area contributed by atoms with Crippen molar-refractivity contribution in [3.63, 3.8) is 0 Å². The first-order valence-electron chi connectivity index (χ1n) is 6.84. The summed E-state index contributed by atoms with van der Waals surface area (Å²) in [5.74, 6) is 4.15. The highest BCUT2D eigenvalue weighted by Crippen LogP contribution is 2.59. The molecular weight excluding hydrogens is 212 g/mol.